The van der Waals surface area contributed by atoms with E-state index in [4.69, 9.17) is 4.98 Å². The zero-order valence-electron chi connectivity index (χ0n) is 20.2. The van der Waals surface area contributed by atoms with Gasteiger partial charge in [-0.25, -0.2) is 0 Å². The van der Waals surface area contributed by atoms with Gasteiger partial charge in [-0.05, 0) is 55.0 Å². The van der Waals surface area contributed by atoms with E-state index in [9.17, 15) is 0 Å². The van der Waals surface area contributed by atoms with Crippen LogP contribution in [0.1, 0.15) is 89.2 Å². The normalized spacial score (nSPS) is 11.1. The SMILES string of the molecule is CCCCCCCCc1ccc(-c2ccc(-c3ccc(CCCCCC)cn3)cn2)cc1. The molecule has 0 aliphatic rings. The van der Waals surface area contributed by atoms with Gasteiger partial charge in [-0.3, -0.25) is 9.97 Å². The first kappa shape index (κ1) is 24.2. The Kier molecular flexibility index (Phi) is 10.4. The van der Waals surface area contributed by atoms with Crippen LogP contribution >= 0.6 is 0 Å². The topological polar surface area (TPSA) is 25.8 Å². The number of nitrogens with zero attached hydrogens (tertiary/aromatic N) is 2. The van der Waals surface area contributed by atoms with Crippen LogP contribution < -0.4 is 0 Å². The summed E-state index contributed by atoms with van der Waals surface area (Å²) in [6.07, 6.45) is 19.5. The van der Waals surface area contributed by atoms with Gasteiger partial charge in [0.2, 0.25) is 0 Å². The Morgan fingerprint density at radius 3 is 1.59 bits per heavy atom. The Balaban J connectivity index is 1.50. The van der Waals surface area contributed by atoms with E-state index >= 15 is 0 Å². The number of aryl methyl sites for hydroxylation is 2. The molecule has 0 aliphatic carbocycles. The van der Waals surface area contributed by atoms with Gasteiger partial charge in [-0.1, -0.05) is 95.5 Å². The molecule has 0 saturated heterocycles. The first-order valence-electron chi connectivity index (χ1n) is 12.8. The predicted molar refractivity (Wildman–Crippen MR) is 138 cm³/mol. The average Bonchev–Trinajstić information content (AvgIpc) is 2.85. The summed E-state index contributed by atoms with van der Waals surface area (Å²) in [6.45, 7) is 4.52. The molecular formula is C30H40N2. The largest absolute Gasteiger partial charge is 0.256 e. The van der Waals surface area contributed by atoms with Gasteiger partial charge in [0.1, 0.15) is 0 Å². The first-order valence-corrected chi connectivity index (χ1v) is 12.8. The van der Waals surface area contributed by atoms with E-state index < -0.39 is 0 Å². The molecular weight excluding hydrogens is 388 g/mol. The highest BCUT2D eigenvalue weighted by Gasteiger charge is 2.04. The summed E-state index contributed by atoms with van der Waals surface area (Å²) in [7, 11) is 0. The van der Waals surface area contributed by atoms with Crippen molar-refractivity contribution in [3.05, 3.63) is 72.1 Å². The first-order chi connectivity index (χ1) is 15.8. The molecule has 2 aromatic heterocycles. The fourth-order valence-corrected chi connectivity index (χ4v) is 4.17. The molecule has 170 valence electrons. The molecule has 0 saturated carbocycles. The Labute approximate surface area is 195 Å². The number of hydrogen-bond donors (Lipinski definition) is 0. The minimum Gasteiger partial charge on any atom is -0.256 e. The van der Waals surface area contributed by atoms with E-state index in [1.165, 1.54) is 87.3 Å². The predicted octanol–water partition coefficient (Wildman–Crippen LogP) is 8.84. The van der Waals surface area contributed by atoms with Crippen LogP contribution in [0.4, 0.5) is 0 Å². The number of benzene rings is 1. The van der Waals surface area contributed by atoms with Crippen LogP contribution in [0.3, 0.4) is 0 Å². The standard InChI is InChI=1S/C30H40N2/c1-3-5-7-9-10-12-13-25-15-18-27(19-16-25)29-22-20-28(24-32-29)30-21-17-26(23-31-30)14-11-8-6-4-2/h15-24H,3-14H2,1-2H3. The highest BCUT2D eigenvalue weighted by Crippen LogP contribution is 2.23. The maximum Gasteiger partial charge on any atom is 0.0717 e. The molecule has 0 radical (unpaired) electrons. The molecule has 1 aromatic carbocycles. The van der Waals surface area contributed by atoms with Gasteiger partial charge in [0.05, 0.1) is 11.4 Å². The fourth-order valence-electron chi connectivity index (χ4n) is 4.17. The molecule has 32 heavy (non-hydrogen) atoms. The Morgan fingerprint density at radius 2 is 0.969 bits per heavy atom. The third-order valence-corrected chi connectivity index (χ3v) is 6.27. The van der Waals surface area contributed by atoms with Gasteiger partial charge in [-0.15, -0.1) is 0 Å². The second-order valence-corrected chi connectivity index (χ2v) is 9.01. The van der Waals surface area contributed by atoms with E-state index in [0.717, 1.165) is 23.4 Å². The van der Waals surface area contributed by atoms with Crippen LogP contribution in [0.15, 0.2) is 60.9 Å². The molecule has 0 atom stereocenters. The molecule has 0 fully saturated rings. The van der Waals surface area contributed by atoms with Crippen molar-refractivity contribution in [3.8, 4) is 22.5 Å². The molecule has 0 amide bonds. The van der Waals surface area contributed by atoms with Crippen LogP contribution in [-0.2, 0) is 12.8 Å². The van der Waals surface area contributed by atoms with Crippen molar-refractivity contribution in [1.29, 1.82) is 0 Å². The van der Waals surface area contributed by atoms with Crippen molar-refractivity contribution in [3.63, 3.8) is 0 Å². The van der Waals surface area contributed by atoms with E-state index in [2.05, 4.69) is 67.4 Å². The van der Waals surface area contributed by atoms with Crippen molar-refractivity contribution in [2.75, 3.05) is 0 Å². The van der Waals surface area contributed by atoms with Gasteiger partial charge < -0.3 is 0 Å². The molecule has 0 unspecified atom stereocenters. The third kappa shape index (κ3) is 7.89. The maximum atomic E-state index is 4.71. The lowest BCUT2D eigenvalue weighted by molar-refractivity contribution is 0.607. The van der Waals surface area contributed by atoms with Crippen molar-refractivity contribution in [1.82, 2.24) is 9.97 Å². The molecule has 0 N–H and O–H groups in total. The summed E-state index contributed by atoms with van der Waals surface area (Å²) in [5.74, 6) is 0. The minimum atomic E-state index is 0.996. The number of unbranched alkanes of at least 4 members (excludes halogenated alkanes) is 8. The summed E-state index contributed by atoms with van der Waals surface area (Å²) < 4.78 is 0. The van der Waals surface area contributed by atoms with Crippen LogP contribution in [-0.4, -0.2) is 9.97 Å². The molecule has 3 rings (SSSR count). The fraction of sp³-hybridized carbons (Fsp3) is 0.467. The van der Waals surface area contributed by atoms with E-state index in [1.54, 1.807) is 0 Å². The van der Waals surface area contributed by atoms with Crippen LogP contribution in [0.2, 0.25) is 0 Å². The summed E-state index contributed by atoms with van der Waals surface area (Å²) in [5.41, 5.74) is 7.03. The third-order valence-electron chi connectivity index (χ3n) is 6.27. The van der Waals surface area contributed by atoms with Crippen molar-refractivity contribution in [2.24, 2.45) is 0 Å². The van der Waals surface area contributed by atoms with E-state index in [-0.39, 0.29) is 0 Å². The molecule has 0 bridgehead atoms. The van der Waals surface area contributed by atoms with Crippen LogP contribution in [0, 0.1) is 0 Å². The van der Waals surface area contributed by atoms with Gasteiger partial charge in [0.25, 0.3) is 0 Å². The lowest BCUT2D eigenvalue weighted by atomic mass is 10.0. The lowest BCUT2D eigenvalue weighted by Crippen LogP contribution is -1.91. The number of aromatic nitrogens is 2. The quantitative estimate of drug-likeness (QED) is 0.240. The smallest absolute Gasteiger partial charge is 0.0717 e. The summed E-state index contributed by atoms with van der Waals surface area (Å²) >= 11 is 0. The molecule has 2 heterocycles. The average molecular weight is 429 g/mol. The molecule has 0 aliphatic heterocycles. The number of pyridine rings is 2. The molecule has 2 heteroatoms. The van der Waals surface area contributed by atoms with Gasteiger partial charge in [-0.2, -0.15) is 0 Å². The summed E-state index contributed by atoms with van der Waals surface area (Å²) in [4.78, 5) is 9.39. The second-order valence-electron chi connectivity index (χ2n) is 9.01. The van der Waals surface area contributed by atoms with E-state index in [0.29, 0.717) is 0 Å². The zero-order valence-corrected chi connectivity index (χ0v) is 20.2. The van der Waals surface area contributed by atoms with Crippen molar-refractivity contribution >= 4 is 0 Å². The van der Waals surface area contributed by atoms with Crippen LogP contribution in [0.5, 0.6) is 0 Å². The lowest BCUT2D eigenvalue weighted by Gasteiger charge is -2.07. The molecule has 0 spiro atoms. The number of rotatable bonds is 14. The van der Waals surface area contributed by atoms with Crippen molar-refractivity contribution in [2.45, 2.75) is 90.9 Å². The Morgan fingerprint density at radius 1 is 0.469 bits per heavy atom. The van der Waals surface area contributed by atoms with Gasteiger partial charge in [0, 0.05) is 23.5 Å². The second kappa shape index (κ2) is 13.8. The van der Waals surface area contributed by atoms with Gasteiger partial charge in [0.15, 0.2) is 0 Å². The highest BCUT2D eigenvalue weighted by atomic mass is 14.7. The molecule has 3 aromatic rings. The minimum absolute atomic E-state index is 0.996. The monoisotopic (exact) mass is 428 g/mol. The van der Waals surface area contributed by atoms with Gasteiger partial charge >= 0.3 is 0 Å². The summed E-state index contributed by atoms with van der Waals surface area (Å²) in [5, 5.41) is 0. The van der Waals surface area contributed by atoms with E-state index in [1.807, 2.05) is 12.4 Å². The molecule has 2 nitrogen and oxygen atoms in total. The van der Waals surface area contributed by atoms with Crippen LogP contribution in [0.25, 0.3) is 22.5 Å². The summed E-state index contributed by atoms with van der Waals surface area (Å²) in [6, 6.07) is 17.5. The highest BCUT2D eigenvalue weighted by molar-refractivity contribution is 5.64. The Bertz CT molecular complexity index is 880. The Hall–Kier alpha value is -2.48. The zero-order chi connectivity index (χ0) is 22.4. The maximum absolute atomic E-state index is 4.71. The van der Waals surface area contributed by atoms with Crippen molar-refractivity contribution < 1.29 is 0 Å². The number of hydrogen-bond acceptors (Lipinski definition) is 2.